The van der Waals surface area contributed by atoms with Crippen LogP contribution in [0.5, 0.6) is 5.75 Å². The van der Waals surface area contributed by atoms with Crippen molar-refractivity contribution in [3.8, 4) is 5.75 Å². The first kappa shape index (κ1) is 20.7. The quantitative estimate of drug-likeness (QED) is 0.567. The smallest absolute Gasteiger partial charge is 0.278 e. The number of halogens is 2. The van der Waals surface area contributed by atoms with Crippen molar-refractivity contribution in [1.82, 2.24) is 9.58 Å². The maximum Gasteiger partial charge on any atom is 0.278 e. The van der Waals surface area contributed by atoms with E-state index in [1.165, 1.54) is 40.0 Å². The molecular formula is C22H17F2N3O4S2. The fourth-order valence-electron chi connectivity index (χ4n) is 4.76. The minimum atomic E-state index is -0.920. The molecule has 0 radical (unpaired) electrons. The molecule has 5 heterocycles. The molecule has 170 valence electrons. The van der Waals surface area contributed by atoms with Gasteiger partial charge in [0.05, 0.1) is 17.4 Å². The van der Waals surface area contributed by atoms with Crippen LogP contribution in [0.25, 0.3) is 0 Å². The number of aromatic nitrogens is 1. The minimum absolute atomic E-state index is 0.154. The highest BCUT2D eigenvalue weighted by Gasteiger charge is 2.46. The van der Waals surface area contributed by atoms with Gasteiger partial charge >= 0.3 is 0 Å². The molecule has 2 atom stereocenters. The number of hydrogen-bond donors (Lipinski definition) is 1. The van der Waals surface area contributed by atoms with Crippen molar-refractivity contribution in [3.05, 3.63) is 80.1 Å². The van der Waals surface area contributed by atoms with Gasteiger partial charge in [-0.15, -0.1) is 23.1 Å². The van der Waals surface area contributed by atoms with Crippen LogP contribution in [0.4, 0.5) is 8.78 Å². The molecule has 1 aromatic carbocycles. The molecule has 0 aliphatic carbocycles. The summed E-state index contributed by atoms with van der Waals surface area (Å²) in [7, 11) is 0. The second-order valence-corrected chi connectivity index (χ2v) is 10.1. The van der Waals surface area contributed by atoms with Crippen molar-refractivity contribution in [3.63, 3.8) is 0 Å². The van der Waals surface area contributed by atoms with Crippen LogP contribution in [0, 0.1) is 11.6 Å². The Morgan fingerprint density at radius 2 is 1.97 bits per heavy atom. The molecule has 3 aliphatic heterocycles. The van der Waals surface area contributed by atoms with Gasteiger partial charge in [0.2, 0.25) is 5.43 Å². The third kappa shape index (κ3) is 2.95. The molecule has 0 spiro atoms. The second kappa shape index (κ2) is 7.57. The fourth-order valence-corrected chi connectivity index (χ4v) is 6.94. The Kier molecular flexibility index (Phi) is 4.75. The number of pyridine rings is 1. The van der Waals surface area contributed by atoms with Gasteiger partial charge < -0.3 is 14.7 Å². The summed E-state index contributed by atoms with van der Waals surface area (Å²) in [6, 6.07) is 5.18. The van der Waals surface area contributed by atoms with Crippen LogP contribution in [0.15, 0.2) is 44.8 Å². The Morgan fingerprint density at radius 1 is 1.12 bits per heavy atom. The number of thioether (sulfide) groups is 1. The number of benzene rings is 1. The number of ether oxygens (including phenoxy) is 1. The largest absolute Gasteiger partial charge is 0.502 e. The zero-order chi connectivity index (χ0) is 22.9. The summed E-state index contributed by atoms with van der Waals surface area (Å²) in [5.74, 6) is -2.68. The Hall–Kier alpha value is -2.89. The monoisotopic (exact) mass is 489 g/mol. The summed E-state index contributed by atoms with van der Waals surface area (Å²) in [6.07, 6.45) is 0.854. The Bertz CT molecular complexity index is 1360. The second-order valence-electron chi connectivity index (χ2n) is 7.94. The number of hydrogen-bond acceptors (Lipinski definition) is 7. The van der Waals surface area contributed by atoms with Gasteiger partial charge in [-0.05, 0) is 23.1 Å². The molecule has 1 saturated heterocycles. The van der Waals surface area contributed by atoms with E-state index in [2.05, 4.69) is 0 Å². The molecule has 0 saturated carbocycles. The molecule has 6 rings (SSSR count). The number of carbonyl (C=O) groups excluding carboxylic acids is 1. The number of fused-ring (bicyclic) bond motifs is 4. The molecule has 0 unspecified atom stereocenters. The van der Waals surface area contributed by atoms with E-state index in [0.29, 0.717) is 12.2 Å². The SMILES string of the molecule is O=C1c2c(O)c(=O)ccn2N([C@@H]2c3ccsc3SCc3c2ccc(F)c3F)[C@@H]2COCCN12. The summed E-state index contributed by atoms with van der Waals surface area (Å²) >= 11 is 2.93. The van der Waals surface area contributed by atoms with Crippen LogP contribution >= 0.6 is 23.1 Å². The molecular weight excluding hydrogens is 472 g/mol. The molecule has 2 aromatic heterocycles. The molecule has 1 fully saturated rings. The zero-order valence-corrected chi connectivity index (χ0v) is 18.7. The van der Waals surface area contributed by atoms with E-state index in [0.717, 1.165) is 15.8 Å². The molecule has 1 amide bonds. The van der Waals surface area contributed by atoms with Crippen molar-refractivity contribution >= 4 is 29.0 Å². The van der Waals surface area contributed by atoms with Crippen molar-refractivity contribution in [1.29, 1.82) is 0 Å². The summed E-state index contributed by atoms with van der Waals surface area (Å²) < 4.78 is 37.2. The molecule has 33 heavy (non-hydrogen) atoms. The van der Waals surface area contributed by atoms with Gasteiger partial charge in [0.15, 0.2) is 23.1 Å². The maximum atomic E-state index is 15.0. The van der Waals surface area contributed by atoms with Crippen molar-refractivity contribution in [2.24, 2.45) is 0 Å². The van der Waals surface area contributed by atoms with E-state index in [9.17, 15) is 23.5 Å². The number of morpholine rings is 1. The first-order valence-corrected chi connectivity index (χ1v) is 12.1. The predicted molar refractivity (Wildman–Crippen MR) is 118 cm³/mol. The number of nitrogens with zero attached hydrogens (tertiary/aromatic N) is 3. The Balaban J connectivity index is 1.66. The van der Waals surface area contributed by atoms with E-state index in [4.69, 9.17) is 4.74 Å². The lowest BCUT2D eigenvalue weighted by Crippen LogP contribution is -2.66. The number of carbonyl (C=O) groups is 1. The molecule has 0 bridgehead atoms. The van der Waals surface area contributed by atoms with Gasteiger partial charge in [0.25, 0.3) is 5.91 Å². The van der Waals surface area contributed by atoms with Crippen LogP contribution in [-0.2, 0) is 10.5 Å². The highest BCUT2D eigenvalue weighted by molar-refractivity contribution is 8.00. The van der Waals surface area contributed by atoms with Crippen molar-refractivity contribution in [2.75, 3.05) is 24.8 Å². The van der Waals surface area contributed by atoms with Gasteiger partial charge in [0.1, 0.15) is 12.2 Å². The predicted octanol–water partition coefficient (Wildman–Crippen LogP) is 3.04. The standard InChI is InChI=1S/C22H17F2N3O4S2/c23-14-2-1-11-13(17(14)24)10-33-22-12(4-8-32-22)18(11)27-16-9-31-7-6-25(16)21(30)19-20(29)15(28)3-5-26(19)27/h1-5,8,16,18,29H,6-7,9-10H2/t16-,18+/m1/s1. The topological polar surface area (TPSA) is 75.0 Å². The van der Waals surface area contributed by atoms with Crippen LogP contribution in [0.2, 0.25) is 0 Å². The van der Waals surface area contributed by atoms with Gasteiger partial charge in [0, 0.05) is 35.7 Å². The van der Waals surface area contributed by atoms with Crippen molar-refractivity contribution in [2.45, 2.75) is 22.2 Å². The lowest BCUT2D eigenvalue weighted by molar-refractivity contribution is -0.0197. The zero-order valence-electron chi connectivity index (χ0n) is 17.0. The molecule has 7 nitrogen and oxygen atoms in total. The van der Waals surface area contributed by atoms with Crippen molar-refractivity contribution < 1.29 is 23.4 Å². The Labute approximate surface area is 194 Å². The third-order valence-corrected chi connectivity index (χ3v) is 8.56. The number of amides is 1. The first-order chi connectivity index (χ1) is 16.0. The van der Waals surface area contributed by atoms with E-state index in [1.54, 1.807) is 11.0 Å². The molecule has 1 N–H and O–H groups in total. The molecule has 3 aliphatic rings. The molecule has 3 aromatic rings. The first-order valence-electron chi connectivity index (χ1n) is 10.3. The van der Waals surface area contributed by atoms with E-state index in [1.807, 2.05) is 16.5 Å². The van der Waals surface area contributed by atoms with Crippen LogP contribution in [0.3, 0.4) is 0 Å². The van der Waals surface area contributed by atoms with Gasteiger partial charge in [-0.3, -0.25) is 19.3 Å². The summed E-state index contributed by atoms with van der Waals surface area (Å²) in [5.41, 5.74) is 0.864. The van der Waals surface area contributed by atoms with Crippen LogP contribution < -0.4 is 10.4 Å². The third-order valence-electron chi connectivity index (χ3n) is 6.27. The highest BCUT2D eigenvalue weighted by Crippen LogP contribution is 2.47. The lowest BCUT2D eigenvalue weighted by Gasteiger charge is -2.51. The summed E-state index contributed by atoms with van der Waals surface area (Å²) in [6.45, 7) is 0.764. The normalized spacial score (nSPS) is 21.7. The van der Waals surface area contributed by atoms with E-state index >= 15 is 0 Å². The highest BCUT2D eigenvalue weighted by atomic mass is 32.2. The minimum Gasteiger partial charge on any atom is -0.502 e. The van der Waals surface area contributed by atoms with Crippen LogP contribution in [-0.4, -0.2) is 46.5 Å². The van der Waals surface area contributed by atoms with E-state index < -0.39 is 40.9 Å². The maximum absolute atomic E-state index is 15.0. The fraction of sp³-hybridized carbons (Fsp3) is 0.273. The van der Waals surface area contributed by atoms with Gasteiger partial charge in [-0.1, -0.05) is 6.07 Å². The summed E-state index contributed by atoms with van der Waals surface area (Å²) in [4.78, 5) is 27.0. The number of rotatable bonds is 1. The van der Waals surface area contributed by atoms with E-state index in [-0.39, 0.29) is 30.2 Å². The molecule has 11 heteroatoms. The van der Waals surface area contributed by atoms with Gasteiger partial charge in [-0.25, -0.2) is 8.78 Å². The van der Waals surface area contributed by atoms with Crippen LogP contribution in [0.1, 0.15) is 33.2 Å². The van der Waals surface area contributed by atoms with Gasteiger partial charge in [-0.2, -0.15) is 0 Å². The number of thiophene rings is 1. The average Bonchev–Trinajstić information content (AvgIpc) is 3.22. The average molecular weight is 490 g/mol. The Morgan fingerprint density at radius 3 is 2.82 bits per heavy atom. The summed E-state index contributed by atoms with van der Waals surface area (Å²) in [5, 5.41) is 14.3. The lowest BCUT2D eigenvalue weighted by atomic mass is 9.94. The number of aromatic hydroxyl groups is 1.